The Hall–Kier alpha value is -5.77. The molecule has 0 amide bonds. The minimum atomic E-state index is -0.100. The average Bonchev–Trinajstić information content (AvgIpc) is 4.03. The number of carbonyl (C=O) groups is 1. The maximum Gasteiger partial charge on any atom is 0.197 e. The molecule has 0 aliphatic carbocycles. The van der Waals surface area contributed by atoms with E-state index in [0.29, 0.717) is 0 Å². The number of ketones is 1. The maximum atomic E-state index is 15.7. The molecule has 4 aliphatic heterocycles. The van der Waals surface area contributed by atoms with Gasteiger partial charge in [-0.05, 0) is 127 Å². The van der Waals surface area contributed by atoms with Crippen LogP contribution in [0.15, 0.2) is 122 Å². The van der Waals surface area contributed by atoms with Gasteiger partial charge in [0.05, 0.1) is 34.7 Å². The first-order chi connectivity index (χ1) is 32.0. The number of carbonyl (C=O) groups excluding carboxylic acids is 1. The van der Waals surface area contributed by atoms with Crippen LogP contribution in [0.3, 0.4) is 0 Å². The van der Waals surface area contributed by atoms with E-state index in [2.05, 4.69) is 168 Å². The fourth-order valence-electron chi connectivity index (χ4n) is 12.1. The van der Waals surface area contributed by atoms with Crippen molar-refractivity contribution >= 4 is 17.2 Å². The molecule has 4 aliphatic rings. The molecular formula is C57H68N6O3. The second-order valence-corrected chi connectivity index (χ2v) is 19.9. The van der Waals surface area contributed by atoms with Gasteiger partial charge in [0.2, 0.25) is 0 Å². The number of aromatic nitrogens is 2. The van der Waals surface area contributed by atoms with E-state index in [1.807, 2.05) is 24.3 Å². The van der Waals surface area contributed by atoms with E-state index in [4.69, 9.17) is 9.47 Å². The third kappa shape index (κ3) is 8.02. The van der Waals surface area contributed by atoms with Gasteiger partial charge in [-0.1, -0.05) is 60.7 Å². The Morgan fingerprint density at radius 2 is 0.894 bits per heavy atom. The molecule has 10 rings (SSSR count). The van der Waals surface area contributed by atoms with Gasteiger partial charge in [0.1, 0.15) is 11.5 Å². The summed E-state index contributed by atoms with van der Waals surface area (Å²) in [5, 5.41) is 0. The lowest BCUT2D eigenvalue weighted by Gasteiger charge is -2.52. The quantitative estimate of drug-likeness (QED) is 0.114. The van der Waals surface area contributed by atoms with Gasteiger partial charge in [0.25, 0.3) is 0 Å². The maximum absolute atomic E-state index is 15.7. The first-order valence-electron chi connectivity index (χ1n) is 24.6. The molecule has 0 bridgehead atoms. The van der Waals surface area contributed by atoms with E-state index < -0.39 is 0 Å². The lowest BCUT2D eigenvalue weighted by molar-refractivity contribution is 0.0216. The molecule has 0 N–H and O–H groups in total. The van der Waals surface area contributed by atoms with Crippen molar-refractivity contribution in [2.24, 2.45) is 0 Å². The second-order valence-electron chi connectivity index (χ2n) is 19.9. The summed E-state index contributed by atoms with van der Waals surface area (Å²) in [6.45, 7) is 21.7. The number of hydrogen-bond acceptors (Lipinski definition) is 7. The first-order valence-corrected chi connectivity index (χ1v) is 24.6. The number of ether oxygens (including phenoxy) is 2. The summed E-state index contributed by atoms with van der Waals surface area (Å²) in [5.74, 6) is 1.73. The summed E-state index contributed by atoms with van der Waals surface area (Å²) in [6, 6.07) is 39.1. The number of fused-ring (bicyclic) bond motifs is 4. The van der Waals surface area contributed by atoms with E-state index in [0.717, 1.165) is 136 Å². The molecule has 2 saturated heterocycles. The van der Waals surface area contributed by atoms with Gasteiger partial charge in [-0.15, -0.1) is 0 Å². The summed E-state index contributed by atoms with van der Waals surface area (Å²) < 4.78 is 17.9. The number of benzene rings is 4. The Labute approximate surface area is 392 Å². The highest BCUT2D eigenvalue weighted by Gasteiger charge is 2.47. The number of hydrogen-bond donors (Lipinski definition) is 0. The molecule has 9 heteroatoms. The molecule has 0 unspecified atom stereocenters. The highest BCUT2D eigenvalue weighted by Crippen LogP contribution is 2.48. The van der Waals surface area contributed by atoms with E-state index in [-0.39, 0.29) is 29.1 Å². The van der Waals surface area contributed by atoms with Crippen LogP contribution in [0.5, 0.6) is 11.5 Å². The van der Waals surface area contributed by atoms with E-state index in [1.54, 1.807) is 0 Å². The van der Waals surface area contributed by atoms with Gasteiger partial charge in [-0.3, -0.25) is 14.6 Å². The van der Waals surface area contributed by atoms with Gasteiger partial charge in [-0.2, -0.15) is 0 Å². The summed E-state index contributed by atoms with van der Waals surface area (Å²) in [7, 11) is 0. The molecule has 4 aromatic carbocycles. The molecule has 2 aromatic heterocycles. The van der Waals surface area contributed by atoms with Crippen molar-refractivity contribution < 1.29 is 14.3 Å². The summed E-state index contributed by atoms with van der Waals surface area (Å²) in [5.41, 5.74) is 10.8. The van der Waals surface area contributed by atoms with Crippen LogP contribution in [-0.4, -0.2) is 76.2 Å². The van der Waals surface area contributed by atoms with Crippen molar-refractivity contribution in [2.45, 2.75) is 117 Å². The van der Waals surface area contributed by atoms with Gasteiger partial charge in [0, 0.05) is 111 Å². The zero-order valence-corrected chi connectivity index (χ0v) is 40.0. The molecule has 0 radical (unpaired) electrons. The summed E-state index contributed by atoms with van der Waals surface area (Å²) >= 11 is 0. The van der Waals surface area contributed by atoms with Crippen LogP contribution in [-0.2, 0) is 37.3 Å². The molecule has 2 spiro atoms. The van der Waals surface area contributed by atoms with Crippen LogP contribution in [0.1, 0.15) is 103 Å². The molecule has 6 heterocycles. The van der Waals surface area contributed by atoms with Crippen molar-refractivity contribution in [1.82, 2.24) is 18.9 Å². The summed E-state index contributed by atoms with van der Waals surface area (Å²) in [6.07, 6.45) is 8.34. The monoisotopic (exact) mass is 885 g/mol. The van der Waals surface area contributed by atoms with Crippen molar-refractivity contribution in [3.63, 3.8) is 0 Å². The molecule has 344 valence electrons. The van der Waals surface area contributed by atoms with E-state index in [1.165, 1.54) is 22.5 Å². The lowest BCUT2D eigenvalue weighted by atomic mass is 9.80. The largest absolute Gasteiger partial charge is 0.491 e. The highest BCUT2D eigenvalue weighted by atomic mass is 16.5. The third-order valence-electron chi connectivity index (χ3n) is 15.3. The molecule has 66 heavy (non-hydrogen) atoms. The number of anilines is 2. The van der Waals surface area contributed by atoms with Crippen LogP contribution < -0.4 is 19.3 Å². The fourth-order valence-corrected chi connectivity index (χ4v) is 12.1. The smallest absolute Gasteiger partial charge is 0.197 e. The zero-order valence-electron chi connectivity index (χ0n) is 40.0. The standard InChI is InChI=1S/C57H68N6O3/c1-41(2)65-49-23-21-47(53(43(49)5)60-31-25-56(26-32-60)51-19-13-29-58(51)35-37-62(56)39-45-15-9-7-10-16-45)55(64)48-22-24-50(66-42(3)4)44(6)54(48)61-33-27-57(28-34-61)52-20-14-30-59(52)36-38-63(57)40-46-17-11-8-12-18-46/h7-24,29-30,41-42H,25-28,31-40H2,1-6H3. The molecule has 9 nitrogen and oxygen atoms in total. The fraction of sp³-hybridized carbons (Fsp3) is 0.421. The van der Waals surface area contributed by atoms with Crippen molar-refractivity contribution in [2.75, 3.05) is 49.1 Å². The topological polar surface area (TPSA) is 58.4 Å². The predicted octanol–water partition coefficient (Wildman–Crippen LogP) is 10.7. The Kier molecular flexibility index (Phi) is 12.1. The third-order valence-corrected chi connectivity index (χ3v) is 15.3. The van der Waals surface area contributed by atoms with E-state index >= 15 is 4.79 Å². The lowest BCUT2D eigenvalue weighted by Crippen LogP contribution is -2.57. The van der Waals surface area contributed by atoms with Gasteiger partial charge >= 0.3 is 0 Å². The normalized spacial score (nSPS) is 18.2. The SMILES string of the molecule is Cc1c(OC(C)C)ccc(C(=O)c2ccc(OC(C)C)c(C)c2N2CCC3(CC2)c2cccn2CCN3Cc2ccccc2)c1N1CCC2(CC1)c1cccn1CCN2Cc1ccccc1. The minimum absolute atomic E-state index is 0.00471. The zero-order chi connectivity index (χ0) is 45.6. The Bertz CT molecular complexity index is 2470. The second kappa shape index (κ2) is 18.1. The number of piperidine rings is 2. The number of nitrogens with zero attached hydrogens (tertiary/aromatic N) is 6. The van der Waals surface area contributed by atoms with Crippen LogP contribution in [0, 0.1) is 13.8 Å². The van der Waals surface area contributed by atoms with Crippen molar-refractivity contribution in [3.05, 3.63) is 166 Å². The summed E-state index contributed by atoms with van der Waals surface area (Å²) in [4.78, 5) is 26.2. The van der Waals surface area contributed by atoms with Crippen molar-refractivity contribution in [1.29, 1.82) is 0 Å². The van der Waals surface area contributed by atoms with Crippen LogP contribution in [0.4, 0.5) is 11.4 Å². The Morgan fingerprint density at radius 3 is 1.27 bits per heavy atom. The predicted molar refractivity (Wildman–Crippen MR) is 266 cm³/mol. The van der Waals surface area contributed by atoms with E-state index in [9.17, 15) is 0 Å². The minimum Gasteiger partial charge on any atom is -0.491 e. The molecule has 0 saturated carbocycles. The van der Waals surface area contributed by atoms with Crippen LogP contribution in [0.2, 0.25) is 0 Å². The molecule has 2 fully saturated rings. The van der Waals surface area contributed by atoms with Gasteiger partial charge in [0.15, 0.2) is 5.78 Å². The molecule has 0 atom stereocenters. The molecule has 6 aromatic rings. The van der Waals surface area contributed by atoms with Crippen LogP contribution in [0.25, 0.3) is 0 Å². The van der Waals surface area contributed by atoms with Crippen molar-refractivity contribution in [3.8, 4) is 11.5 Å². The first kappa shape index (κ1) is 44.1. The Balaban J connectivity index is 0.996. The highest BCUT2D eigenvalue weighted by molar-refractivity contribution is 6.16. The Morgan fingerprint density at radius 1 is 0.500 bits per heavy atom. The number of rotatable bonds is 12. The molecular weight excluding hydrogens is 817 g/mol. The van der Waals surface area contributed by atoms with Gasteiger partial charge in [-0.25, -0.2) is 0 Å². The van der Waals surface area contributed by atoms with Crippen LogP contribution >= 0.6 is 0 Å². The van der Waals surface area contributed by atoms with Gasteiger partial charge < -0.3 is 28.4 Å². The average molecular weight is 885 g/mol.